The molecule has 0 unspecified atom stereocenters. The number of carbonyl (C=O) groups excluding carboxylic acids is 1. The molecule has 1 aromatic rings. The van der Waals surface area contributed by atoms with Crippen LogP contribution in [0.2, 0.25) is 0 Å². The average molecular weight is 567 g/mol. The van der Waals surface area contributed by atoms with Crippen LogP contribution in [0.3, 0.4) is 0 Å². The van der Waals surface area contributed by atoms with Crippen LogP contribution in [0.25, 0.3) is 6.08 Å². The van der Waals surface area contributed by atoms with Crippen LogP contribution in [-0.4, -0.2) is 111 Å². The maximum atomic E-state index is 12.4. The van der Waals surface area contributed by atoms with E-state index in [1.165, 1.54) is 31.4 Å². The molecule has 7 N–H and O–H groups in total. The zero-order valence-corrected chi connectivity index (χ0v) is 21.1. The van der Waals surface area contributed by atoms with Gasteiger partial charge in [0.25, 0.3) is 0 Å². The molecule has 1 fully saturated rings. The molecule has 1 aliphatic carbocycles. The van der Waals surface area contributed by atoms with Crippen molar-refractivity contribution in [2.45, 2.75) is 43.1 Å². The molecule has 3 aliphatic rings. The predicted molar refractivity (Wildman–Crippen MR) is 131 cm³/mol. The fraction of sp³-hybridized carbons (Fsp3) is 0.462. The smallest absolute Gasteiger partial charge is 0.335 e. The average Bonchev–Trinajstić information content (AvgIpc) is 3.27. The molecule has 14 nitrogen and oxygen atoms in total. The minimum atomic E-state index is -1.76. The summed E-state index contributed by atoms with van der Waals surface area (Å²) in [6.07, 6.45) is -6.00. The Morgan fingerprint density at radius 2 is 1.80 bits per heavy atom. The van der Waals surface area contributed by atoms with Crippen LogP contribution in [0.4, 0.5) is 0 Å². The van der Waals surface area contributed by atoms with Crippen LogP contribution in [0.5, 0.6) is 11.5 Å². The highest BCUT2D eigenvalue weighted by Crippen LogP contribution is 2.44. The van der Waals surface area contributed by atoms with E-state index in [1.54, 1.807) is 6.07 Å². The lowest BCUT2D eigenvalue weighted by Crippen LogP contribution is -2.60. The van der Waals surface area contributed by atoms with E-state index in [2.05, 4.69) is 0 Å². The lowest BCUT2D eigenvalue weighted by molar-refractivity contribution is -0.340. The summed E-state index contributed by atoms with van der Waals surface area (Å²) in [7, 11) is 1.40. The van der Waals surface area contributed by atoms with E-state index in [9.17, 15) is 45.3 Å². The van der Waals surface area contributed by atoms with Gasteiger partial charge in [-0.2, -0.15) is 0 Å². The van der Waals surface area contributed by atoms with Crippen LogP contribution in [0.15, 0.2) is 47.8 Å². The molecule has 0 radical (unpaired) electrons. The number of aliphatic hydroxyl groups is 5. The molecule has 4 rings (SSSR count). The van der Waals surface area contributed by atoms with Gasteiger partial charge >= 0.3 is 11.9 Å². The maximum absolute atomic E-state index is 12.4. The van der Waals surface area contributed by atoms with E-state index >= 15 is 0 Å². The van der Waals surface area contributed by atoms with Crippen molar-refractivity contribution in [2.24, 2.45) is 11.8 Å². The number of aliphatic carboxylic acids is 1. The topological polar surface area (TPSA) is 222 Å². The Morgan fingerprint density at radius 1 is 1.05 bits per heavy atom. The molecule has 2 heterocycles. The standard InChI is InChI=1S/C26H30O14/c1-36-16-4-2-11(6-14(16)28)3-5-18(30)37-9-12-7-15(29)20-13(24(34)35)10-38-25(19(12)20)40-26-23(33)22(32)21(31)17(8-27)39-26/h2-7,10,15,17,19-23,25-29,31-33H,8-9H2,1H3,(H,34,35)/b5-3+/t15-,17+,19+,20-,21+,22-,23+,25-,26-/m0/s1. The first-order valence-corrected chi connectivity index (χ1v) is 12.2. The van der Waals surface area contributed by atoms with Gasteiger partial charge in [0.2, 0.25) is 6.29 Å². The number of carbonyl (C=O) groups is 2. The zero-order valence-electron chi connectivity index (χ0n) is 21.1. The Kier molecular flexibility index (Phi) is 9.10. The monoisotopic (exact) mass is 566 g/mol. The normalized spacial score (nSPS) is 33.5. The van der Waals surface area contributed by atoms with Gasteiger partial charge in [-0.25, -0.2) is 9.59 Å². The lowest BCUT2D eigenvalue weighted by atomic mass is 9.82. The van der Waals surface area contributed by atoms with Crippen molar-refractivity contribution in [2.75, 3.05) is 20.3 Å². The molecule has 0 spiro atoms. The van der Waals surface area contributed by atoms with Crippen molar-refractivity contribution in [3.05, 3.63) is 53.3 Å². The number of methoxy groups -OCH3 is 1. The van der Waals surface area contributed by atoms with Gasteiger partial charge in [-0.15, -0.1) is 0 Å². The van der Waals surface area contributed by atoms with Gasteiger partial charge in [-0.3, -0.25) is 0 Å². The number of fused-ring (bicyclic) bond motifs is 1. The number of rotatable bonds is 9. The van der Waals surface area contributed by atoms with Crippen molar-refractivity contribution in [3.8, 4) is 11.5 Å². The second-order valence-electron chi connectivity index (χ2n) is 9.37. The molecule has 9 atom stereocenters. The number of aromatic hydroxyl groups is 1. The van der Waals surface area contributed by atoms with Crippen molar-refractivity contribution >= 4 is 18.0 Å². The van der Waals surface area contributed by atoms with Crippen molar-refractivity contribution in [1.29, 1.82) is 0 Å². The van der Waals surface area contributed by atoms with Gasteiger partial charge in [0, 0.05) is 12.0 Å². The van der Waals surface area contributed by atoms with E-state index in [0.29, 0.717) is 5.56 Å². The molecule has 0 saturated carbocycles. The number of hydrogen-bond acceptors (Lipinski definition) is 13. The quantitative estimate of drug-likeness (QED) is 0.104. The first-order valence-electron chi connectivity index (χ1n) is 12.2. The van der Waals surface area contributed by atoms with Crippen LogP contribution in [0, 0.1) is 11.8 Å². The van der Waals surface area contributed by atoms with E-state index < -0.39 is 73.5 Å². The number of phenolic OH excluding ortho intramolecular Hbond substituents is 1. The highest BCUT2D eigenvalue weighted by Gasteiger charge is 2.52. The van der Waals surface area contributed by atoms with Crippen molar-refractivity contribution < 1.29 is 69.0 Å². The highest BCUT2D eigenvalue weighted by molar-refractivity contribution is 5.88. The van der Waals surface area contributed by atoms with E-state index in [1.807, 2.05) is 0 Å². The SMILES string of the molecule is COc1ccc(/C=C/C(=O)OCC2=C[C@H](O)[C@@H]3C(C(=O)O)=CO[C@@H](O[C@@H]4O[C@H](CO)[C@@H](O)[C@H](O)[C@H]4O)[C@H]23)cc1O. The zero-order chi connectivity index (χ0) is 29.1. The molecule has 1 aromatic carbocycles. The van der Waals surface area contributed by atoms with Gasteiger partial charge in [-0.1, -0.05) is 12.1 Å². The summed E-state index contributed by atoms with van der Waals surface area (Å²) < 4.78 is 26.8. The minimum absolute atomic E-state index is 0.126. The van der Waals surface area contributed by atoms with Gasteiger partial charge in [0.15, 0.2) is 17.8 Å². The number of esters is 1. The number of benzene rings is 1. The number of aliphatic hydroxyl groups excluding tert-OH is 5. The highest BCUT2D eigenvalue weighted by atomic mass is 16.8. The summed E-state index contributed by atoms with van der Waals surface area (Å²) >= 11 is 0. The molecule has 1 saturated heterocycles. The number of hydrogen-bond donors (Lipinski definition) is 7. The third kappa shape index (κ3) is 5.97. The van der Waals surface area contributed by atoms with Crippen LogP contribution >= 0.6 is 0 Å². The number of phenols is 1. The fourth-order valence-electron chi connectivity index (χ4n) is 4.85. The predicted octanol–water partition coefficient (Wildman–Crippen LogP) is -1.37. The van der Waals surface area contributed by atoms with E-state index in [0.717, 1.165) is 12.3 Å². The molecule has 2 aliphatic heterocycles. The molecule has 0 aromatic heterocycles. The molecule has 40 heavy (non-hydrogen) atoms. The van der Waals surface area contributed by atoms with Crippen LogP contribution in [0.1, 0.15) is 5.56 Å². The second kappa shape index (κ2) is 12.3. The Morgan fingerprint density at radius 3 is 2.45 bits per heavy atom. The molecule has 0 bridgehead atoms. The molecular weight excluding hydrogens is 536 g/mol. The fourth-order valence-corrected chi connectivity index (χ4v) is 4.85. The third-order valence-corrected chi connectivity index (χ3v) is 6.91. The van der Waals surface area contributed by atoms with Gasteiger partial charge in [0.1, 0.15) is 31.0 Å². The lowest BCUT2D eigenvalue weighted by Gasteiger charge is -2.43. The van der Waals surface area contributed by atoms with E-state index in [4.69, 9.17) is 23.7 Å². The molecule has 14 heteroatoms. The Hall–Kier alpha value is -3.50. The van der Waals surface area contributed by atoms with Crippen LogP contribution < -0.4 is 4.74 Å². The van der Waals surface area contributed by atoms with E-state index in [-0.39, 0.29) is 29.3 Å². The summed E-state index contributed by atoms with van der Waals surface area (Å²) in [6, 6.07) is 4.49. The summed E-state index contributed by atoms with van der Waals surface area (Å²) in [4.78, 5) is 24.2. The number of carboxylic acids is 1. The van der Waals surface area contributed by atoms with Gasteiger partial charge in [-0.05, 0) is 29.3 Å². The first-order chi connectivity index (χ1) is 19.0. The Balaban J connectivity index is 1.48. The molecular formula is C26H30O14. The maximum Gasteiger partial charge on any atom is 0.335 e. The summed E-state index contributed by atoms with van der Waals surface area (Å²) in [6.45, 7) is -1.09. The van der Waals surface area contributed by atoms with Crippen molar-refractivity contribution in [3.63, 3.8) is 0 Å². The molecule has 0 amide bonds. The van der Waals surface area contributed by atoms with Crippen molar-refractivity contribution in [1.82, 2.24) is 0 Å². The largest absolute Gasteiger partial charge is 0.504 e. The minimum Gasteiger partial charge on any atom is -0.504 e. The third-order valence-electron chi connectivity index (χ3n) is 6.91. The number of ether oxygens (including phenoxy) is 5. The Labute approximate surface area is 227 Å². The van der Waals surface area contributed by atoms with Gasteiger partial charge in [0.05, 0.1) is 37.6 Å². The molecule has 218 valence electrons. The second-order valence-corrected chi connectivity index (χ2v) is 9.37. The first kappa shape index (κ1) is 29.5. The summed E-state index contributed by atoms with van der Waals surface area (Å²) in [5.41, 5.74) is 0.460. The summed E-state index contributed by atoms with van der Waals surface area (Å²) in [5.74, 6) is -4.12. The van der Waals surface area contributed by atoms with Gasteiger partial charge < -0.3 is 59.4 Å². The van der Waals surface area contributed by atoms with Crippen LogP contribution in [-0.2, 0) is 28.5 Å². The number of carboxylic acid groups (broad SMARTS) is 1. The Bertz CT molecular complexity index is 1190. The summed E-state index contributed by atoms with van der Waals surface area (Å²) in [5, 5.41) is 70.0.